The van der Waals surface area contributed by atoms with Crippen LogP contribution in [0.2, 0.25) is 0 Å². The van der Waals surface area contributed by atoms with E-state index in [2.05, 4.69) is 5.32 Å². The molecule has 2 aromatic rings. The van der Waals surface area contributed by atoms with Crippen LogP contribution in [0.3, 0.4) is 0 Å². The van der Waals surface area contributed by atoms with E-state index in [1.165, 1.54) is 0 Å². The molecule has 1 amide bonds. The van der Waals surface area contributed by atoms with Crippen molar-refractivity contribution < 1.29 is 14.3 Å². The van der Waals surface area contributed by atoms with Crippen molar-refractivity contribution in [2.45, 2.75) is 13.3 Å². The maximum absolute atomic E-state index is 11.9. The number of carbonyl (C=O) groups excluding carboxylic acids is 2. The van der Waals surface area contributed by atoms with Gasteiger partial charge in [-0.25, -0.2) is 0 Å². The highest BCUT2D eigenvalue weighted by Crippen LogP contribution is 2.15. The van der Waals surface area contributed by atoms with Crippen LogP contribution in [0.25, 0.3) is 10.8 Å². The number of hydrogen-bond donors (Lipinski definition) is 1. The number of amides is 1. The molecule has 2 rings (SSSR count). The summed E-state index contributed by atoms with van der Waals surface area (Å²) in [6, 6.07) is 13.2. The van der Waals surface area contributed by atoms with Crippen LogP contribution in [0.4, 0.5) is 0 Å². The molecule has 0 fully saturated rings. The summed E-state index contributed by atoms with van der Waals surface area (Å²) >= 11 is 0. The van der Waals surface area contributed by atoms with Gasteiger partial charge in [0.15, 0.2) is 0 Å². The molecule has 0 atom stereocenters. The third kappa shape index (κ3) is 3.57. The number of esters is 1. The Balaban J connectivity index is 1.99. The smallest absolute Gasteiger partial charge is 0.325 e. The van der Waals surface area contributed by atoms with E-state index in [0.717, 1.165) is 17.2 Å². The fourth-order valence-electron chi connectivity index (χ4n) is 1.85. The van der Waals surface area contributed by atoms with Gasteiger partial charge in [0.2, 0.25) is 0 Å². The minimum absolute atomic E-state index is 0.105. The molecule has 0 unspecified atom stereocenters. The van der Waals surface area contributed by atoms with Crippen LogP contribution < -0.4 is 5.32 Å². The maximum Gasteiger partial charge on any atom is 0.325 e. The maximum atomic E-state index is 11.9. The van der Waals surface area contributed by atoms with Gasteiger partial charge in [0.1, 0.15) is 6.54 Å². The fraction of sp³-hybridized carbons (Fsp3) is 0.250. The number of fused-ring (bicyclic) bond motifs is 1. The standard InChI is InChI=1S/C16H17NO3/c1-2-9-20-15(18)11-17-16(19)14-8-7-12-5-3-4-6-13(12)10-14/h3-8,10H,2,9,11H2,1H3,(H,17,19). The molecule has 0 aromatic heterocycles. The lowest BCUT2D eigenvalue weighted by molar-refractivity contribution is -0.142. The molecule has 4 nitrogen and oxygen atoms in total. The minimum atomic E-state index is -0.416. The van der Waals surface area contributed by atoms with Crippen LogP contribution in [0, 0.1) is 0 Å². The van der Waals surface area contributed by atoms with Gasteiger partial charge in [0.25, 0.3) is 5.91 Å². The van der Waals surface area contributed by atoms with Crippen LogP contribution >= 0.6 is 0 Å². The van der Waals surface area contributed by atoms with Crippen molar-refractivity contribution in [3.8, 4) is 0 Å². The second-order valence-corrected chi connectivity index (χ2v) is 4.47. The Morgan fingerprint density at radius 1 is 1.10 bits per heavy atom. The summed E-state index contributed by atoms with van der Waals surface area (Å²) in [6.07, 6.45) is 0.768. The van der Waals surface area contributed by atoms with E-state index < -0.39 is 5.97 Å². The van der Waals surface area contributed by atoms with Gasteiger partial charge in [-0.3, -0.25) is 9.59 Å². The van der Waals surface area contributed by atoms with E-state index in [0.29, 0.717) is 12.2 Å². The molecule has 104 valence electrons. The lowest BCUT2D eigenvalue weighted by Gasteiger charge is -2.06. The van der Waals surface area contributed by atoms with Crippen LogP contribution in [-0.4, -0.2) is 25.0 Å². The Bertz CT molecular complexity index is 622. The Morgan fingerprint density at radius 3 is 2.60 bits per heavy atom. The van der Waals surface area contributed by atoms with E-state index in [1.807, 2.05) is 43.3 Å². The normalized spacial score (nSPS) is 10.2. The predicted octanol–water partition coefficient (Wildman–Crippen LogP) is 2.52. The monoisotopic (exact) mass is 271 g/mol. The van der Waals surface area contributed by atoms with E-state index in [4.69, 9.17) is 4.74 Å². The van der Waals surface area contributed by atoms with E-state index >= 15 is 0 Å². The second kappa shape index (κ2) is 6.70. The third-order valence-electron chi connectivity index (χ3n) is 2.87. The van der Waals surface area contributed by atoms with Crippen molar-refractivity contribution in [2.75, 3.05) is 13.2 Å². The molecule has 0 radical (unpaired) electrons. The zero-order valence-corrected chi connectivity index (χ0v) is 11.4. The average Bonchev–Trinajstić information content (AvgIpc) is 2.50. The topological polar surface area (TPSA) is 55.4 Å². The molecule has 0 bridgehead atoms. The summed E-state index contributed by atoms with van der Waals surface area (Å²) in [5.41, 5.74) is 0.534. The van der Waals surface area contributed by atoms with Crippen molar-refractivity contribution in [1.82, 2.24) is 5.32 Å². The molecular formula is C16H17NO3. The molecule has 0 saturated carbocycles. The first-order chi connectivity index (χ1) is 9.70. The zero-order valence-electron chi connectivity index (χ0n) is 11.4. The lowest BCUT2D eigenvalue weighted by atomic mass is 10.1. The van der Waals surface area contributed by atoms with Gasteiger partial charge in [-0.1, -0.05) is 37.3 Å². The van der Waals surface area contributed by atoms with Gasteiger partial charge >= 0.3 is 5.97 Å². The Kier molecular flexibility index (Phi) is 4.71. The molecule has 0 aliphatic rings. The van der Waals surface area contributed by atoms with Crippen LogP contribution in [0.15, 0.2) is 42.5 Å². The number of hydrogen-bond acceptors (Lipinski definition) is 3. The first-order valence-electron chi connectivity index (χ1n) is 6.63. The van der Waals surface area contributed by atoms with Gasteiger partial charge in [-0.05, 0) is 29.3 Å². The van der Waals surface area contributed by atoms with Gasteiger partial charge in [0, 0.05) is 5.56 Å². The van der Waals surface area contributed by atoms with Crippen molar-refractivity contribution in [1.29, 1.82) is 0 Å². The fourth-order valence-corrected chi connectivity index (χ4v) is 1.85. The summed E-state index contributed by atoms with van der Waals surface area (Å²) < 4.78 is 4.89. The molecule has 2 aromatic carbocycles. The highest BCUT2D eigenvalue weighted by Gasteiger charge is 2.09. The Labute approximate surface area is 117 Å². The Morgan fingerprint density at radius 2 is 1.85 bits per heavy atom. The molecule has 20 heavy (non-hydrogen) atoms. The van der Waals surface area contributed by atoms with Crippen molar-refractivity contribution in [2.24, 2.45) is 0 Å². The summed E-state index contributed by atoms with van der Waals surface area (Å²) in [7, 11) is 0. The molecule has 0 spiro atoms. The van der Waals surface area contributed by atoms with E-state index in [-0.39, 0.29) is 12.5 Å². The molecular weight excluding hydrogens is 254 g/mol. The van der Waals surface area contributed by atoms with Crippen LogP contribution in [0.1, 0.15) is 23.7 Å². The van der Waals surface area contributed by atoms with Gasteiger partial charge < -0.3 is 10.1 Å². The van der Waals surface area contributed by atoms with Crippen molar-refractivity contribution >= 4 is 22.6 Å². The molecule has 1 N–H and O–H groups in total. The number of benzene rings is 2. The molecule has 4 heteroatoms. The summed E-state index contributed by atoms with van der Waals surface area (Å²) in [6.45, 7) is 2.19. The zero-order chi connectivity index (χ0) is 14.4. The van der Waals surface area contributed by atoms with Gasteiger partial charge in [-0.2, -0.15) is 0 Å². The molecule has 0 heterocycles. The summed E-state index contributed by atoms with van der Waals surface area (Å²) in [4.78, 5) is 23.3. The van der Waals surface area contributed by atoms with Crippen molar-refractivity contribution in [3.63, 3.8) is 0 Å². The first kappa shape index (κ1) is 14.1. The third-order valence-corrected chi connectivity index (χ3v) is 2.87. The highest BCUT2D eigenvalue weighted by atomic mass is 16.5. The first-order valence-corrected chi connectivity index (χ1v) is 6.63. The molecule has 0 saturated heterocycles. The summed E-state index contributed by atoms with van der Waals surface area (Å²) in [5, 5.41) is 4.63. The van der Waals surface area contributed by atoms with Crippen molar-refractivity contribution in [3.05, 3.63) is 48.0 Å². The predicted molar refractivity (Wildman–Crippen MR) is 77.5 cm³/mol. The number of rotatable bonds is 5. The van der Waals surface area contributed by atoms with Gasteiger partial charge in [-0.15, -0.1) is 0 Å². The molecule has 0 aliphatic heterocycles. The SMILES string of the molecule is CCCOC(=O)CNC(=O)c1ccc2ccccc2c1. The van der Waals surface area contributed by atoms with Crippen LogP contribution in [-0.2, 0) is 9.53 Å². The number of carbonyl (C=O) groups is 2. The molecule has 0 aliphatic carbocycles. The van der Waals surface area contributed by atoms with Gasteiger partial charge in [0.05, 0.1) is 6.61 Å². The number of nitrogens with one attached hydrogen (secondary N) is 1. The highest BCUT2D eigenvalue weighted by molar-refractivity contribution is 5.99. The number of ether oxygens (including phenoxy) is 1. The lowest BCUT2D eigenvalue weighted by Crippen LogP contribution is -2.30. The quantitative estimate of drug-likeness (QED) is 0.850. The van der Waals surface area contributed by atoms with E-state index in [1.54, 1.807) is 6.07 Å². The summed E-state index contributed by atoms with van der Waals surface area (Å²) in [5.74, 6) is -0.690. The minimum Gasteiger partial charge on any atom is -0.464 e. The average molecular weight is 271 g/mol. The Hall–Kier alpha value is -2.36. The second-order valence-electron chi connectivity index (χ2n) is 4.47. The van der Waals surface area contributed by atoms with Crippen LogP contribution in [0.5, 0.6) is 0 Å². The largest absolute Gasteiger partial charge is 0.464 e. The van der Waals surface area contributed by atoms with E-state index in [9.17, 15) is 9.59 Å².